The molecule has 2 fully saturated rings. The molecule has 120 valence electrons. The van der Waals surface area contributed by atoms with Crippen molar-refractivity contribution in [3.8, 4) is 0 Å². The van der Waals surface area contributed by atoms with Crippen LogP contribution in [0.25, 0.3) is 0 Å². The summed E-state index contributed by atoms with van der Waals surface area (Å²) < 4.78 is 0. The molecule has 0 aromatic heterocycles. The van der Waals surface area contributed by atoms with Crippen molar-refractivity contribution in [1.29, 1.82) is 0 Å². The van der Waals surface area contributed by atoms with Gasteiger partial charge in [-0.25, -0.2) is 4.79 Å². The molecule has 0 bridgehead atoms. The minimum absolute atomic E-state index is 0.168. The van der Waals surface area contributed by atoms with E-state index in [0.717, 1.165) is 25.9 Å². The van der Waals surface area contributed by atoms with Crippen LogP contribution in [0.2, 0.25) is 0 Å². The number of piperidine rings is 1. The van der Waals surface area contributed by atoms with Crippen LogP contribution in [0.3, 0.4) is 0 Å². The van der Waals surface area contributed by atoms with Gasteiger partial charge in [-0.05, 0) is 31.7 Å². The zero-order valence-electron chi connectivity index (χ0n) is 13.0. The first-order chi connectivity index (χ1) is 9.97. The van der Waals surface area contributed by atoms with Gasteiger partial charge in [-0.15, -0.1) is 0 Å². The fourth-order valence-electron chi connectivity index (χ4n) is 3.49. The maximum Gasteiger partial charge on any atom is 0.323 e. The molecule has 6 nitrogen and oxygen atoms in total. The van der Waals surface area contributed by atoms with E-state index in [2.05, 4.69) is 10.2 Å². The Morgan fingerprint density at radius 2 is 2.05 bits per heavy atom. The maximum absolute atomic E-state index is 12.4. The Kier molecular flexibility index (Phi) is 5.45. The smallest absolute Gasteiger partial charge is 0.323 e. The molecule has 0 aliphatic carbocycles. The Hall–Kier alpha value is -1.30. The third-order valence-corrected chi connectivity index (χ3v) is 4.36. The predicted molar refractivity (Wildman–Crippen MR) is 80.2 cm³/mol. The molecule has 2 unspecified atom stereocenters. The van der Waals surface area contributed by atoms with Crippen molar-refractivity contribution in [2.45, 2.75) is 51.6 Å². The van der Waals surface area contributed by atoms with Crippen LogP contribution < -0.4 is 5.32 Å². The molecule has 0 spiro atoms. The zero-order chi connectivity index (χ0) is 15.4. The number of nitrogens with one attached hydrogen (secondary N) is 1. The molecule has 0 saturated carbocycles. The van der Waals surface area contributed by atoms with Gasteiger partial charge in [0, 0.05) is 25.2 Å². The van der Waals surface area contributed by atoms with Crippen molar-refractivity contribution in [1.82, 2.24) is 15.1 Å². The molecule has 21 heavy (non-hydrogen) atoms. The van der Waals surface area contributed by atoms with Crippen molar-refractivity contribution in [2.24, 2.45) is 5.92 Å². The number of hydrogen-bond acceptors (Lipinski definition) is 3. The summed E-state index contributed by atoms with van der Waals surface area (Å²) in [5.74, 6) is -0.707. The Morgan fingerprint density at radius 3 is 2.71 bits per heavy atom. The first-order valence-corrected chi connectivity index (χ1v) is 7.98. The molecule has 0 aromatic carbocycles. The molecular formula is C15H27N3O3. The van der Waals surface area contributed by atoms with Crippen LogP contribution in [-0.2, 0) is 4.79 Å². The number of nitrogens with zero attached hydrogens (tertiary/aromatic N) is 2. The van der Waals surface area contributed by atoms with Gasteiger partial charge in [0.2, 0.25) is 0 Å². The number of aliphatic carboxylic acids is 1. The van der Waals surface area contributed by atoms with Crippen LogP contribution in [0.15, 0.2) is 0 Å². The van der Waals surface area contributed by atoms with E-state index in [9.17, 15) is 9.59 Å². The topological polar surface area (TPSA) is 72.9 Å². The lowest BCUT2D eigenvalue weighted by Crippen LogP contribution is -2.52. The first-order valence-electron chi connectivity index (χ1n) is 7.98. The molecule has 0 aromatic rings. The lowest BCUT2D eigenvalue weighted by atomic mass is 9.99. The van der Waals surface area contributed by atoms with E-state index in [0.29, 0.717) is 12.6 Å². The maximum atomic E-state index is 12.4. The van der Waals surface area contributed by atoms with Gasteiger partial charge in [-0.3, -0.25) is 9.69 Å². The van der Waals surface area contributed by atoms with E-state index in [1.807, 2.05) is 13.8 Å². The highest BCUT2D eigenvalue weighted by atomic mass is 16.4. The highest BCUT2D eigenvalue weighted by Gasteiger charge is 2.37. The Labute approximate surface area is 126 Å². The third-order valence-electron chi connectivity index (χ3n) is 4.36. The standard InChI is InChI=1S/C15H27N3O3/c1-11(2)9-18(10-14(19)20)15(21)16-12-6-8-17-7-4-3-5-13(12)17/h11-13H,3-10H2,1-2H3,(H,16,21)(H,19,20). The lowest BCUT2D eigenvalue weighted by Gasteiger charge is -2.33. The van der Waals surface area contributed by atoms with Gasteiger partial charge in [-0.1, -0.05) is 20.3 Å². The van der Waals surface area contributed by atoms with Crippen LogP contribution >= 0.6 is 0 Å². The summed E-state index contributed by atoms with van der Waals surface area (Å²) in [6, 6.07) is 0.373. The highest BCUT2D eigenvalue weighted by Crippen LogP contribution is 2.27. The SMILES string of the molecule is CC(C)CN(CC(=O)O)C(=O)NC1CCN2CCCCC12. The Morgan fingerprint density at radius 1 is 1.29 bits per heavy atom. The summed E-state index contributed by atoms with van der Waals surface area (Å²) in [5.41, 5.74) is 0. The number of amides is 2. The summed E-state index contributed by atoms with van der Waals surface area (Å²) in [6.45, 7) is 6.38. The average Bonchev–Trinajstić information content (AvgIpc) is 2.80. The molecule has 2 amide bonds. The number of hydrogen-bond donors (Lipinski definition) is 2. The van der Waals surface area contributed by atoms with Gasteiger partial charge < -0.3 is 15.3 Å². The number of carbonyl (C=O) groups excluding carboxylic acids is 1. The largest absolute Gasteiger partial charge is 0.480 e. The van der Waals surface area contributed by atoms with Crippen LogP contribution in [0.1, 0.15) is 39.5 Å². The Bertz CT molecular complexity index is 386. The number of carbonyl (C=O) groups is 2. The zero-order valence-corrected chi connectivity index (χ0v) is 13.0. The van der Waals surface area contributed by atoms with Crippen molar-refractivity contribution in [3.63, 3.8) is 0 Å². The second kappa shape index (κ2) is 7.11. The Balaban J connectivity index is 1.92. The number of rotatable bonds is 5. The fourth-order valence-corrected chi connectivity index (χ4v) is 3.49. The van der Waals surface area contributed by atoms with Crippen molar-refractivity contribution >= 4 is 12.0 Å². The molecule has 2 aliphatic heterocycles. The first kappa shape index (κ1) is 16.1. The van der Waals surface area contributed by atoms with E-state index in [1.165, 1.54) is 17.7 Å². The molecule has 2 atom stereocenters. The molecule has 2 saturated heterocycles. The van der Waals surface area contributed by atoms with Gasteiger partial charge in [0.05, 0.1) is 0 Å². The lowest BCUT2D eigenvalue weighted by molar-refractivity contribution is -0.137. The second-order valence-corrected chi connectivity index (χ2v) is 6.61. The van der Waals surface area contributed by atoms with Crippen LogP contribution in [0, 0.1) is 5.92 Å². The fraction of sp³-hybridized carbons (Fsp3) is 0.867. The summed E-state index contributed by atoms with van der Waals surface area (Å²) >= 11 is 0. The minimum Gasteiger partial charge on any atom is -0.480 e. The summed E-state index contributed by atoms with van der Waals surface area (Å²) in [5, 5.41) is 12.0. The van der Waals surface area contributed by atoms with Gasteiger partial charge >= 0.3 is 12.0 Å². The minimum atomic E-state index is -0.962. The van der Waals surface area contributed by atoms with Crippen LogP contribution in [-0.4, -0.2) is 65.2 Å². The quantitative estimate of drug-likeness (QED) is 0.804. The average molecular weight is 297 g/mol. The van der Waals surface area contributed by atoms with Gasteiger partial charge in [0.25, 0.3) is 0 Å². The van der Waals surface area contributed by atoms with Crippen molar-refractivity contribution < 1.29 is 14.7 Å². The number of fused-ring (bicyclic) bond motifs is 1. The highest BCUT2D eigenvalue weighted by molar-refractivity contribution is 5.80. The number of urea groups is 1. The van der Waals surface area contributed by atoms with E-state index in [-0.39, 0.29) is 24.5 Å². The van der Waals surface area contributed by atoms with Crippen molar-refractivity contribution in [2.75, 3.05) is 26.2 Å². The monoisotopic (exact) mass is 297 g/mol. The van der Waals surface area contributed by atoms with Crippen molar-refractivity contribution in [3.05, 3.63) is 0 Å². The second-order valence-electron chi connectivity index (χ2n) is 6.61. The van der Waals surface area contributed by atoms with Gasteiger partial charge in [0.1, 0.15) is 6.54 Å². The molecule has 2 heterocycles. The van der Waals surface area contributed by atoms with E-state index in [4.69, 9.17) is 5.11 Å². The normalized spacial score (nSPS) is 25.7. The molecule has 2 aliphatic rings. The van der Waals surface area contributed by atoms with E-state index in [1.54, 1.807) is 0 Å². The molecule has 2 rings (SSSR count). The number of carboxylic acids is 1. The third kappa shape index (κ3) is 4.33. The van der Waals surface area contributed by atoms with E-state index < -0.39 is 5.97 Å². The number of carboxylic acid groups (broad SMARTS) is 1. The molecule has 6 heteroatoms. The van der Waals surface area contributed by atoms with Gasteiger partial charge in [0.15, 0.2) is 0 Å². The van der Waals surface area contributed by atoms with Crippen LogP contribution in [0.5, 0.6) is 0 Å². The molecule has 2 N–H and O–H groups in total. The molecular weight excluding hydrogens is 270 g/mol. The van der Waals surface area contributed by atoms with Gasteiger partial charge in [-0.2, -0.15) is 0 Å². The summed E-state index contributed by atoms with van der Waals surface area (Å²) in [6.07, 6.45) is 4.57. The molecule has 0 radical (unpaired) electrons. The summed E-state index contributed by atoms with van der Waals surface area (Å²) in [7, 11) is 0. The van der Waals surface area contributed by atoms with E-state index >= 15 is 0 Å². The summed E-state index contributed by atoms with van der Waals surface area (Å²) in [4.78, 5) is 27.2. The van der Waals surface area contributed by atoms with Crippen LogP contribution in [0.4, 0.5) is 4.79 Å². The predicted octanol–water partition coefficient (Wildman–Crippen LogP) is 1.37.